The summed E-state index contributed by atoms with van der Waals surface area (Å²) in [5, 5.41) is 0. The third-order valence-electron chi connectivity index (χ3n) is 0.639. The van der Waals surface area contributed by atoms with Crippen molar-refractivity contribution in [3.63, 3.8) is 0 Å². The van der Waals surface area contributed by atoms with Crippen molar-refractivity contribution in [1.82, 2.24) is 0 Å². The quantitative estimate of drug-likeness (QED) is 0.367. The van der Waals surface area contributed by atoms with E-state index < -0.39 is 24.6 Å². The predicted molar refractivity (Wildman–Crippen MR) is 27.2 cm³/mol. The van der Waals surface area contributed by atoms with Gasteiger partial charge >= 0.3 is 18.8 Å². The topological polar surface area (TPSA) is 26.3 Å². The second-order valence-electron chi connectivity index (χ2n) is 1.50. The number of halogens is 4. The fourth-order valence-electron chi connectivity index (χ4n) is 0.218. The molecule has 0 bridgehead atoms. The standard InChI is InChI=1S/C5H4F4O2/c1-2(6)5(10)11-4(9)3(7)8/h3-4H,1H2. The number of hydrogen-bond donors (Lipinski definition) is 0. The van der Waals surface area contributed by atoms with Crippen LogP contribution in [0.3, 0.4) is 0 Å². The van der Waals surface area contributed by atoms with E-state index in [1.165, 1.54) is 0 Å². The number of ether oxygens (including phenoxy) is 1. The minimum atomic E-state index is -3.47. The van der Waals surface area contributed by atoms with Crippen molar-refractivity contribution < 1.29 is 27.1 Å². The van der Waals surface area contributed by atoms with Crippen LogP contribution in [0.15, 0.2) is 12.4 Å². The molecular weight excluding hydrogens is 168 g/mol. The van der Waals surface area contributed by atoms with E-state index in [1.807, 2.05) is 0 Å². The van der Waals surface area contributed by atoms with Crippen molar-refractivity contribution in [2.24, 2.45) is 0 Å². The molecule has 0 fully saturated rings. The van der Waals surface area contributed by atoms with Gasteiger partial charge in [0.05, 0.1) is 0 Å². The lowest BCUT2D eigenvalue weighted by Crippen LogP contribution is -2.20. The minimum Gasteiger partial charge on any atom is -0.419 e. The first-order valence-electron chi connectivity index (χ1n) is 2.42. The Morgan fingerprint density at radius 2 is 1.82 bits per heavy atom. The van der Waals surface area contributed by atoms with Crippen LogP contribution < -0.4 is 0 Å². The molecular formula is C5H4F4O2. The molecule has 6 heteroatoms. The third-order valence-corrected chi connectivity index (χ3v) is 0.639. The van der Waals surface area contributed by atoms with Gasteiger partial charge in [0.1, 0.15) is 0 Å². The summed E-state index contributed by atoms with van der Waals surface area (Å²) < 4.78 is 49.1. The maximum atomic E-state index is 11.7. The molecule has 0 aliphatic heterocycles. The van der Waals surface area contributed by atoms with Gasteiger partial charge < -0.3 is 4.74 Å². The van der Waals surface area contributed by atoms with E-state index in [-0.39, 0.29) is 0 Å². The summed E-state index contributed by atoms with van der Waals surface area (Å²) in [4.78, 5) is 9.99. The molecule has 0 N–H and O–H groups in total. The van der Waals surface area contributed by atoms with E-state index in [0.717, 1.165) is 0 Å². The highest BCUT2D eigenvalue weighted by atomic mass is 19.3. The molecule has 0 aromatic carbocycles. The van der Waals surface area contributed by atoms with Gasteiger partial charge in [-0.3, -0.25) is 0 Å². The van der Waals surface area contributed by atoms with Crippen molar-refractivity contribution in [1.29, 1.82) is 0 Å². The summed E-state index contributed by atoms with van der Waals surface area (Å²) in [6.07, 6.45) is -6.58. The summed E-state index contributed by atoms with van der Waals surface area (Å²) in [6, 6.07) is 0. The van der Waals surface area contributed by atoms with Crippen LogP contribution >= 0.6 is 0 Å². The smallest absolute Gasteiger partial charge is 0.369 e. The van der Waals surface area contributed by atoms with Gasteiger partial charge in [0.25, 0.3) is 0 Å². The van der Waals surface area contributed by atoms with E-state index in [0.29, 0.717) is 0 Å². The minimum absolute atomic E-state index is 1.62. The molecule has 0 aromatic rings. The normalized spacial score (nSPS) is 12.8. The molecule has 11 heavy (non-hydrogen) atoms. The molecule has 0 saturated heterocycles. The van der Waals surface area contributed by atoms with Crippen LogP contribution in [0.25, 0.3) is 0 Å². The fourth-order valence-corrected chi connectivity index (χ4v) is 0.218. The number of alkyl halides is 3. The monoisotopic (exact) mass is 172 g/mol. The Morgan fingerprint density at radius 1 is 1.36 bits per heavy atom. The van der Waals surface area contributed by atoms with Gasteiger partial charge in [0, 0.05) is 0 Å². The molecule has 0 spiro atoms. The van der Waals surface area contributed by atoms with Crippen molar-refractivity contribution in [3.05, 3.63) is 12.4 Å². The highest BCUT2D eigenvalue weighted by molar-refractivity contribution is 5.85. The second kappa shape index (κ2) is 3.95. The Labute approximate surface area is 59.4 Å². The average molecular weight is 172 g/mol. The van der Waals surface area contributed by atoms with Crippen LogP contribution in [0.1, 0.15) is 0 Å². The Morgan fingerprint density at radius 3 is 2.09 bits per heavy atom. The Bertz CT molecular complexity index is 168. The van der Waals surface area contributed by atoms with Gasteiger partial charge in [-0.15, -0.1) is 0 Å². The number of carbonyl (C=O) groups excluding carboxylic acids is 1. The van der Waals surface area contributed by atoms with Crippen LogP contribution in [-0.4, -0.2) is 18.8 Å². The first-order chi connectivity index (χ1) is 4.95. The molecule has 0 amide bonds. The number of esters is 1. The largest absolute Gasteiger partial charge is 0.419 e. The van der Waals surface area contributed by atoms with Crippen LogP contribution in [0.4, 0.5) is 17.6 Å². The van der Waals surface area contributed by atoms with Crippen molar-refractivity contribution in [2.45, 2.75) is 12.8 Å². The van der Waals surface area contributed by atoms with Gasteiger partial charge in [-0.2, -0.15) is 8.78 Å². The lowest BCUT2D eigenvalue weighted by Gasteiger charge is -2.06. The Kier molecular flexibility index (Phi) is 3.56. The molecule has 2 nitrogen and oxygen atoms in total. The zero-order valence-electron chi connectivity index (χ0n) is 5.19. The van der Waals surface area contributed by atoms with E-state index in [4.69, 9.17) is 0 Å². The van der Waals surface area contributed by atoms with Gasteiger partial charge in [0.15, 0.2) is 0 Å². The van der Waals surface area contributed by atoms with Crippen molar-refractivity contribution in [2.75, 3.05) is 0 Å². The van der Waals surface area contributed by atoms with Gasteiger partial charge in [-0.05, 0) is 0 Å². The van der Waals surface area contributed by atoms with Crippen LogP contribution in [0, 0.1) is 0 Å². The van der Waals surface area contributed by atoms with E-state index in [9.17, 15) is 22.4 Å². The zero-order valence-corrected chi connectivity index (χ0v) is 5.19. The summed E-state index contributed by atoms with van der Waals surface area (Å²) in [5.74, 6) is -3.44. The molecule has 0 radical (unpaired) electrons. The summed E-state index contributed by atoms with van der Waals surface area (Å²) >= 11 is 0. The van der Waals surface area contributed by atoms with E-state index in [2.05, 4.69) is 11.3 Å². The first kappa shape index (κ1) is 9.93. The zero-order chi connectivity index (χ0) is 9.02. The van der Waals surface area contributed by atoms with Gasteiger partial charge in [-0.1, -0.05) is 6.58 Å². The van der Waals surface area contributed by atoms with Crippen LogP contribution in [-0.2, 0) is 9.53 Å². The molecule has 1 atom stereocenters. The summed E-state index contributed by atoms with van der Waals surface area (Å²) in [6.45, 7) is 2.41. The first-order valence-corrected chi connectivity index (χ1v) is 2.42. The lowest BCUT2D eigenvalue weighted by molar-refractivity contribution is -0.170. The summed E-state index contributed by atoms with van der Waals surface area (Å²) in [5.41, 5.74) is 0. The van der Waals surface area contributed by atoms with Crippen molar-refractivity contribution in [3.8, 4) is 0 Å². The Balaban J connectivity index is 3.85. The van der Waals surface area contributed by atoms with Gasteiger partial charge in [0.2, 0.25) is 5.83 Å². The fraction of sp³-hybridized carbons (Fsp3) is 0.400. The maximum Gasteiger partial charge on any atom is 0.369 e. The lowest BCUT2D eigenvalue weighted by atomic mass is 10.6. The molecule has 0 aromatic heterocycles. The third kappa shape index (κ3) is 3.59. The SMILES string of the molecule is C=C(F)C(=O)OC(F)C(F)F. The number of hydrogen-bond acceptors (Lipinski definition) is 2. The van der Waals surface area contributed by atoms with Crippen LogP contribution in [0.2, 0.25) is 0 Å². The predicted octanol–water partition coefficient (Wildman–Crippen LogP) is 1.57. The second-order valence-corrected chi connectivity index (χ2v) is 1.50. The molecule has 0 heterocycles. The molecule has 1 unspecified atom stereocenters. The highest BCUT2D eigenvalue weighted by Gasteiger charge is 2.24. The molecule has 0 rings (SSSR count). The molecule has 0 saturated carbocycles. The van der Waals surface area contributed by atoms with E-state index in [1.54, 1.807) is 0 Å². The van der Waals surface area contributed by atoms with Crippen LogP contribution in [0.5, 0.6) is 0 Å². The number of carbonyl (C=O) groups is 1. The molecule has 0 aliphatic carbocycles. The maximum absolute atomic E-state index is 11.7. The summed E-state index contributed by atoms with van der Waals surface area (Å²) in [7, 11) is 0. The highest BCUT2D eigenvalue weighted by Crippen LogP contribution is 2.09. The number of rotatable bonds is 3. The molecule has 0 aliphatic rings. The average Bonchev–Trinajstić information content (AvgIpc) is 1.87. The molecule has 64 valence electrons. The van der Waals surface area contributed by atoms with E-state index >= 15 is 0 Å². The van der Waals surface area contributed by atoms with Gasteiger partial charge in [-0.25, -0.2) is 13.6 Å². The Hall–Kier alpha value is -1.07. The van der Waals surface area contributed by atoms with Crippen molar-refractivity contribution >= 4 is 5.97 Å².